The number of hydrazine groups is 1. The Morgan fingerprint density at radius 3 is 2.43 bits per heavy atom. The Balaban J connectivity index is 1.40. The van der Waals surface area contributed by atoms with Gasteiger partial charge in [-0.2, -0.15) is 0 Å². The van der Waals surface area contributed by atoms with Crippen molar-refractivity contribution in [2.75, 3.05) is 13.2 Å². The highest BCUT2D eigenvalue weighted by atomic mass is 16.6. The number of hydrogen-bond acceptors (Lipinski definition) is 7. The smallest absolute Gasteiger partial charge is 0.338 e. The van der Waals surface area contributed by atoms with Gasteiger partial charge >= 0.3 is 5.97 Å². The van der Waals surface area contributed by atoms with Crippen LogP contribution in [0, 0.1) is 0 Å². The van der Waals surface area contributed by atoms with E-state index >= 15 is 0 Å². The summed E-state index contributed by atoms with van der Waals surface area (Å²) in [7, 11) is 0. The molecule has 0 saturated heterocycles. The third-order valence-corrected chi connectivity index (χ3v) is 3.92. The van der Waals surface area contributed by atoms with Gasteiger partial charge in [0.05, 0.1) is 11.7 Å². The summed E-state index contributed by atoms with van der Waals surface area (Å²) in [5.74, 6) is -0.361. The maximum absolute atomic E-state index is 12.1. The van der Waals surface area contributed by atoms with Crippen molar-refractivity contribution >= 4 is 17.8 Å². The number of para-hydroxylation sites is 2. The number of carbonyl (C=O) groups is 3. The minimum Gasteiger partial charge on any atom is -0.491 e. The van der Waals surface area contributed by atoms with Crippen LogP contribution in [0.5, 0.6) is 17.2 Å². The highest BCUT2D eigenvalue weighted by Crippen LogP contribution is 2.30. The lowest BCUT2D eigenvalue weighted by Crippen LogP contribution is -2.51. The van der Waals surface area contributed by atoms with Crippen molar-refractivity contribution in [2.45, 2.75) is 26.1 Å². The Morgan fingerprint density at radius 1 is 1.03 bits per heavy atom. The molecule has 2 aromatic carbocycles. The summed E-state index contributed by atoms with van der Waals surface area (Å²) < 4.78 is 21.4. The third-order valence-electron chi connectivity index (χ3n) is 3.92. The van der Waals surface area contributed by atoms with Crippen LogP contribution in [0.4, 0.5) is 0 Å². The Labute approximate surface area is 173 Å². The second-order valence-electron chi connectivity index (χ2n) is 6.67. The van der Waals surface area contributed by atoms with E-state index in [9.17, 15) is 14.4 Å². The second kappa shape index (κ2) is 9.64. The Hall–Kier alpha value is -3.75. The second-order valence-corrected chi connectivity index (χ2v) is 6.67. The lowest BCUT2D eigenvalue weighted by Gasteiger charge is -2.25. The number of fused-ring (bicyclic) bond motifs is 1. The van der Waals surface area contributed by atoms with Crippen molar-refractivity contribution in [3.63, 3.8) is 0 Å². The molecule has 0 radical (unpaired) electrons. The van der Waals surface area contributed by atoms with Crippen LogP contribution in [-0.2, 0) is 14.3 Å². The molecule has 1 atom stereocenters. The molecule has 0 aliphatic carbocycles. The van der Waals surface area contributed by atoms with E-state index in [0.29, 0.717) is 17.2 Å². The lowest BCUT2D eigenvalue weighted by molar-refractivity contribution is -0.135. The molecule has 1 aliphatic rings. The zero-order chi connectivity index (χ0) is 21.5. The first kappa shape index (κ1) is 21.0. The summed E-state index contributed by atoms with van der Waals surface area (Å²) in [4.78, 5) is 36.0. The molecule has 3 rings (SSSR count). The van der Waals surface area contributed by atoms with Gasteiger partial charge in [-0.1, -0.05) is 12.1 Å². The minimum atomic E-state index is -0.922. The van der Waals surface area contributed by atoms with Crippen LogP contribution < -0.4 is 25.1 Å². The standard InChI is InChI=1S/C21H22N2O7/c1-13(2)29-15-9-7-14(8-10-15)21(26)28-12-19(24)22-23-20(25)18-11-27-16-5-3-4-6-17(16)30-18/h3-10,13,18H,11-12H2,1-2H3,(H,22,24)(H,23,25)/t18-/m0/s1. The van der Waals surface area contributed by atoms with Crippen LogP contribution in [0.15, 0.2) is 48.5 Å². The van der Waals surface area contributed by atoms with Gasteiger partial charge in [-0.25, -0.2) is 4.79 Å². The molecule has 9 nitrogen and oxygen atoms in total. The molecule has 158 valence electrons. The molecule has 1 aliphatic heterocycles. The van der Waals surface area contributed by atoms with E-state index < -0.39 is 30.5 Å². The van der Waals surface area contributed by atoms with Crippen molar-refractivity contribution in [3.8, 4) is 17.2 Å². The number of hydrogen-bond donors (Lipinski definition) is 2. The van der Waals surface area contributed by atoms with Crippen LogP contribution >= 0.6 is 0 Å². The zero-order valence-electron chi connectivity index (χ0n) is 16.5. The van der Waals surface area contributed by atoms with Crippen LogP contribution in [-0.4, -0.2) is 43.2 Å². The molecular formula is C21H22N2O7. The predicted octanol–water partition coefficient (Wildman–Crippen LogP) is 1.62. The quantitative estimate of drug-likeness (QED) is 0.546. The SMILES string of the molecule is CC(C)Oc1ccc(C(=O)OCC(=O)NNC(=O)[C@@H]2COc3ccccc3O2)cc1. The number of carbonyl (C=O) groups excluding carboxylic acids is 3. The van der Waals surface area contributed by atoms with Gasteiger partial charge in [-0.15, -0.1) is 0 Å². The fraction of sp³-hybridized carbons (Fsp3) is 0.286. The van der Waals surface area contributed by atoms with Gasteiger partial charge in [0.1, 0.15) is 12.4 Å². The molecule has 0 bridgehead atoms. The van der Waals surface area contributed by atoms with E-state index in [1.165, 1.54) is 12.1 Å². The first-order valence-corrected chi connectivity index (χ1v) is 9.33. The van der Waals surface area contributed by atoms with Gasteiger partial charge in [0.2, 0.25) is 6.10 Å². The van der Waals surface area contributed by atoms with E-state index in [2.05, 4.69) is 10.9 Å². The van der Waals surface area contributed by atoms with Crippen LogP contribution in [0.3, 0.4) is 0 Å². The molecule has 2 aromatic rings. The van der Waals surface area contributed by atoms with Gasteiger partial charge in [-0.05, 0) is 50.2 Å². The molecule has 0 fully saturated rings. The van der Waals surface area contributed by atoms with Gasteiger partial charge in [0.25, 0.3) is 11.8 Å². The Bertz CT molecular complexity index is 912. The summed E-state index contributed by atoms with van der Waals surface area (Å²) in [5, 5.41) is 0. The van der Waals surface area contributed by atoms with Crippen molar-refractivity contribution in [2.24, 2.45) is 0 Å². The zero-order valence-corrected chi connectivity index (χ0v) is 16.5. The summed E-state index contributed by atoms with van der Waals surface area (Å²) in [6.45, 7) is 3.23. The molecular weight excluding hydrogens is 392 g/mol. The fourth-order valence-corrected chi connectivity index (χ4v) is 2.55. The van der Waals surface area contributed by atoms with Crippen LogP contribution in [0.2, 0.25) is 0 Å². The number of ether oxygens (including phenoxy) is 4. The van der Waals surface area contributed by atoms with E-state index in [1.54, 1.807) is 36.4 Å². The molecule has 0 saturated carbocycles. The first-order chi connectivity index (χ1) is 14.4. The third kappa shape index (κ3) is 5.63. The van der Waals surface area contributed by atoms with Crippen LogP contribution in [0.1, 0.15) is 24.2 Å². The van der Waals surface area contributed by atoms with Gasteiger partial charge in [-0.3, -0.25) is 20.4 Å². The molecule has 0 unspecified atom stereocenters. The van der Waals surface area contributed by atoms with E-state index in [4.69, 9.17) is 18.9 Å². The maximum atomic E-state index is 12.1. The molecule has 1 heterocycles. The highest BCUT2D eigenvalue weighted by molar-refractivity contribution is 5.92. The molecule has 2 N–H and O–H groups in total. The average Bonchev–Trinajstić information content (AvgIpc) is 2.75. The summed E-state index contributed by atoms with van der Waals surface area (Å²) in [6.07, 6.45) is -0.906. The Morgan fingerprint density at radius 2 is 1.73 bits per heavy atom. The van der Waals surface area contributed by atoms with Gasteiger partial charge < -0.3 is 18.9 Å². The van der Waals surface area contributed by atoms with Crippen molar-refractivity contribution in [1.82, 2.24) is 10.9 Å². The summed E-state index contributed by atoms with van der Waals surface area (Å²) in [5.41, 5.74) is 4.66. The molecule has 30 heavy (non-hydrogen) atoms. The van der Waals surface area contributed by atoms with Crippen molar-refractivity contribution < 1.29 is 33.3 Å². The molecule has 0 aromatic heterocycles. The number of amides is 2. The number of nitrogens with one attached hydrogen (secondary N) is 2. The van der Waals surface area contributed by atoms with Crippen molar-refractivity contribution in [3.05, 3.63) is 54.1 Å². The first-order valence-electron chi connectivity index (χ1n) is 9.33. The highest BCUT2D eigenvalue weighted by Gasteiger charge is 2.27. The van der Waals surface area contributed by atoms with Crippen LogP contribution in [0.25, 0.3) is 0 Å². The number of esters is 1. The minimum absolute atomic E-state index is 0.00419. The summed E-state index contributed by atoms with van der Waals surface area (Å²) in [6, 6.07) is 13.3. The largest absolute Gasteiger partial charge is 0.491 e. The Kier molecular flexibility index (Phi) is 6.74. The average molecular weight is 414 g/mol. The van der Waals surface area contributed by atoms with Crippen molar-refractivity contribution in [1.29, 1.82) is 0 Å². The number of benzene rings is 2. The van der Waals surface area contributed by atoms with Gasteiger partial charge in [0, 0.05) is 0 Å². The molecule has 2 amide bonds. The lowest BCUT2D eigenvalue weighted by atomic mass is 10.2. The van der Waals surface area contributed by atoms with E-state index in [1.807, 2.05) is 13.8 Å². The topological polar surface area (TPSA) is 112 Å². The van der Waals surface area contributed by atoms with E-state index in [-0.39, 0.29) is 18.3 Å². The van der Waals surface area contributed by atoms with E-state index in [0.717, 1.165) is 0 Å². The normalized spacial score (nSPS) is 14.6. The maximum Gasteiger partial charge on any atom is 0.338 e. The molecule has 0 spiro atoms. The number of rotatable bonds is 6. The monoisotopic (exact) mass is 414 g/mol. The molecule has 9 heteroatoms. The van der Waals surface area contributed by atoms with Gasteiger partial charge in [0.15, 0.2) is 18.1 Å². The predicted molar refractivity (Wildman–Crippen MR) is 105 cm³/mol. The summed E-state index contributed by atoms with van der Waals surface area (Å²) >= 11 is 0. The fourth-order valence-electron chi connectivity index (χ4n) is 2.55.